The highest BCUT2D eigenvalue weighted by molar-refractivity contribution is 6.00. The molecule has 1 saturated heterocycles. The molecule has 6 nitrogen and oxygen atoms in total. The Morgan fingerprint density at radius 2 is 1.97 bits per heavy atom. The summed E-state index contributed by atoms with van der Waals surface area (Å²) in [6.45, 7) is 4.82. The van der Waals surface area contributed by atoms with Crippen LogP contribution in [0.1, 0.15) is 61.3 Å². The van der Waals surface area contributed by atoms with Crippen molar-refractivity contribution in [1.29, 1.82) is 0 Å². The maximum Gasteiger partial charge on any atom is 0.233 e. The maximum absolute atomic E-state index is 13.2. The van der Waals surface area contributed by atoms with Crippen LogP contribution in [0.3, 0.4) is 0 Å². The van der Waals surface area contributed by atoms with Gasteiger partial charge in [-0.25, -0.2) is 14.4 Å². The van der Waals surface area contributed by atoms with Gasteiger partial charge >= 0.3 is 0 Å². The Hall–Kier alpha value is -2.83. The molecule has 0 saturated carbocycles. The van der Waals surface area contributed by atoms with E-state index in [4.69, 9.17) is 4.98 Å². The summed E-state index contributed by atoms with van der Waals surface area (Å²) >= 11 is 0. The Kier molecular flexibility index (Phi) is 5.30. The van der Waals surface area contributed by atoms with Crippen molar-refractivity contribution in [3.05, 3.63) is 52.7 Å². The quantitative estimate of drug-likeness (QED) is 0.794. The van der Waals surface area contributed by atoms with Gasteiger partial charge < -0.3 is 4.90 Å². The van der Waals surface area contributed by atoms with E-state index in [0.717, 1.165) is 42.6 Å². The summed E-state index contributed by atoms with van der Waals surface area (Å²) in [5, 5.41) is 0. The number of fused-ring (bicyclic) bond motifs is 1. The molecule has 2 aromatic rings. The second-order valence-corrected chi connectivity index (χ2v) is 7.70. The van der Waals surface area contributed by atoms with Crippen LogP contribution in [-0.2, 0) is 22.6 Å². The number of benzene rings is 1. The van der Waals surface area contributed by atoms with Gasteiger partial charge in [0.25, 0.3) is 0 Å². The van der Waals surface area contributed by atoms with Crippen LogP contribution < -0.4 is 4.90 Å². The van der Waals surface area contributed by atoms with Gasteiger partial charge in [-0.3, -0.25) is 14.5 Å². The van der Waals surface area contributed by atoms with Crippen molar-refractivity contribution in [2.45, 2.75) is 58.5 Å². The number of anilines is 1. The summed E-state index contributed by atoms with van der Waals surface area (Å²) in [6, 6.07) is 5.99. The number of halogens is 1. The largest absolute Gasteiger partial charge is 0.332 e. The van der Waals surface area contributed by atoms with Crippen LogP contribution in [0.4, 0.5) is 10.2 Å². The van der Waals surface area contributed by atoms with E-state index in [1.54, 1.807) is 17.0 Å². The number of likely N-dealkylation sites (tertiary alicyclic amines) is 1. The molecule has 152 valence electrons. The van der Waals surface area contributed by atoms with E-state index in [-0.39, 0.29) is 30.1 Å². The average molecular weight is 396 g/mol. The van der Waals surface area contributed by atoms with E-state index in [1.807, 2.05) is 18.7 Å². The van der Waals surface area contributed by atoms with E-state index < -0.39 is 0 Å². The minimum absolute atomic E-state index is 0.0380. The summed E-state index contributed by atoms with van der Waals surface area (Å²) in [5.41, 5.74) is 2.46. The van der Waals surface area contributed by atoms with Crippen LogP contribution >= 0.6 is 0 Å². The van der Waals surface area contributed by atoms with Gasteiger partial charge in [0.1, 0.15) is 11.6 Å². The first-order valence-electron chi connectivity index (χ1n) is 10.2. The minimum atomic E-state index is -0.305. The Bertz CT molecular complexity index is 945. The van der Waals surface area contributed by atoms with Gasteiger partial charge in [-0.2, -0.15) is 0 Å². The van der Waals surface area contributed by atoms with Gasteiger partial charge in [-0.15, -0.1) is 0 Å². The number of piperidine rings is 1. The summed E-state index contributed by atoms with van der Waals surface area (Å²) in [5.74, 6) is 0.998. The number of hydrogen-bond acceptors (Lipinski definition) is 4. The molecule has 0 bridgehead atoms. The molecule has 4 rings (SSSR count). The van der Waals surface area contributed by atoms with Crippen molar-refractivity contribution in [1.82, 2.24) is 14.9 Å². The molecule has 7 heteroatoms. The van der Waals surface area contributed by atoms with Crippen LogP contribution in [-0.4, -0.2) is 33.2 Å². The molecular weight excluding hydrogens is 371 g/mol. The van der Waals surface area contributed by atoms with Crippen molar-refractivity contribution in [3.63, 3.8) is 0 Å². The number of aromatic nitrogens is 2. The normalized spacial score (nSPS) is 18.9. The maximum atomic E-state index is 13.2. The Balaban J connectivity index is 1.68. The van der Waals surface area contributed by atoms with Crippen molar-refractivity contribution in [3.8, 4) is 0 Å². The highest BCUT2D eigenvalue weighted by Crippen LogP contribution is 2.35. The van der Waals surface area contributed by atoms with Crippen molar-refractivity contribution >= 4 is 17.6 Å². The number of nitrogens with zero attached hydrogens (tertiary/aromatic N) is 4. The second kappa shape index (κ2) is 7.89. The summed E-state index contributed by atoms with van der Waals surface area (Å²) in [6.07, 6.45) is 3.56. The zero-order valence-electron chi connectivity index (χ0n) is 16.8. The monoisotopic (exact) mass is 396 g/mol. The fourth-order valence-electron chi connectivity index (χ4n) is 4.18. The Morgan fingerprint density at radius 1 is 1.21 bits per heavy atom. The molecule has 1 atom stereocenters. The summed E-state index contributed by atoms with van der Waals surface area (Å²) in [4.78, 5) is 38.1. The molecule has 2 aliphatic heterocycles. The lowest BCUT2D eigenvalue weighted by Gasteiger charge is -2.35. The smallest absolute Gasteiger partial charge is 0.233 e. The van der Waals surface area contributed by atoms with Gasteiger partial charge in [-0.1, -0.05) is 19.1 Å². The van der Waals surface area contributed by atoms with Gasteiger partial charge in [0.2, 0.25) is 11.8 Å². The van der Waals surface area contributed by atoms with Crippen LogP contribution in [0.25, 0.3) is 0 Å². The highest BCUT2D eigenvalue weighted by atomic mass is 19.1. The average Bonchev–Trinajstić information content (AvgIpc) is 3.05. The molecule has 2 amide bonds. The standard InChI is InChI=1S/C22H25FN4O2/c1-3-19(28)26-11-5-4-6-18(26)21-24-14(2)17-12-20(29)27(22(17)25-21)13-15-7-9-16(23)10-8-15/h7-10,18H,3-6,11-13H2,1-2H3. The fraction of sp³-hybridized carbons (Fsp3) is 0.455. The molecule has 3 heterocycles. The lowest BCUT2D eigenvalue weighted by molar-refractivity contribution is -0.135. The molecule has 29 heavy (non-hydrogen) atoms. The van der Waals surface area contributed by atoms with E-state index >= 15 is 0 Å². The molecule has 1 aromatic heterocycles. The third-order valence-electron chi connectivity index (χ3n) is 5.77. The van der Waals surface area contributed by atoms with Crippen LogP contribution in [0.2, 0.25) is 0 Å². The predicted octanol–water partition coefficient (Wildman–Crippen LogP) is 3.48. The molecule has 1 fully saturated rings. The molecular formula is C22H25FN4O2. The molecule has 2 aliphatic rings. The van der Waals surface area contributed by atoms with Crippen LogP contribution in [0, 0.1) is 12.7 Å². The van der Waals surface area contributed by atoms with E-state index in [1.165, 1.54) is 12.1 Å². The minimum Gasteiger partial charge on any atom is -0.332 e. The number of amides is 2. The number of hydrogen-bond donors (Lipinski definition) is 0. The lowest BCUT2D eigenvalue weighted by atomic mass is 10.0. The highest BCUT2D eigenvalue weighted by Gasteiger charge is 2.35. The van der Waals surface area contributed by atoms with Crippen LogP contribution in [0.5, 0.6) is 0 Å². The van der Waals surface area contributed by atoms with Crippen molar-refractivity contribution in [2.24, 2.45) is 0 Å². The summed E-state index contributed by atoms with van der Waals surface area (Å²) < 4.78 is 13.2. The molecule has 0 spiro atoms. The van der Waals surface area contributed by atoms with Crippen LogP contribution in [0.15, 0.2) is 24.3 Å². The number of aryl methyl sites for hydroxylation is 1. The van der Waals surface area contributed by atoms with E-state index in [2.05, 4.69) is 4.98 Å². The van der Waals surface area contributed by atoms with Gasteiger partial charge in [0, 0.05) is 24.2 Å². The molecule has 0 radical (unpaired) electrons. The molecule has 0 aliphatic carbocycles. The SMILES string of the molecule is CCC(=O)N1CCCCC1c1nc(C)c2c(n1)N(Cc1ccc(F)cc1)C(=O)C2. The van der Waals surface area contributed by atoms with Gasteiger partial charge in [0.05, 0.1) is 19.0 Å². The Labute approximate surface area is 169 Å². The Morgan fingerprint density at radius 3 is 2.69 bits per heavy atom. The van der Waals surface area contributed by atoms with E-state index in [9.17, 15) is 14.0 Å². The predicted molar refractivity (Wildman–Crippen MR) is 107 cm³/mol. The number of carbonyl (C=O) groups is 2. The molecule has 0 N–H and O–H groups in total. The van der Waals surface area contributed by atoms with Crippen molar-refractivity contribution < 1.29 is 14.0 Å². The van der Waals surface area contributed by atoms with Gasteiger partial charge in [-0.05, 0) is 43.9 Å². The third-order valence-corrected chi connectivity index (χ3v) is 5.77. The fourth-order valence-corrected chi connectivity index (χ4v) is 4.18. The first kappa shape index (κ1) is 19.5. The summed E-state index contributed by atoms with van der Waals surface area (Å²) in [7, 11) is 0. The first-order valence-corrected chi connectivity index (χ1v) is 10.2. The number of rotatable bonds is 4. The van der Waals surface area contributed by atoms with Crippen molar-refractivity contribution in [2.75, 3.05) is 11.4 Å². The topological polar surface area (TPSA) is 66.4 Å². The zero-order valence-corrected chi connectivity index (χ0v) is 16.8. The van der Waals surface area contributed by atoms with E-state index in [0.29, 0.717) is 24.6 Å². The second-order valence-electron chi connectivity index (χ2n) is 7.70. The first-order chi connectivity index (χ1) is 14.0. The lowest BCUT2D eigenvalue weighted by Crippen LogP contribution is -2.39. The third kappa shape index (κ3) is 3.73. The number of carbonyl (C=O) groups excluding carboxylic acids is 2. The van der Waals surface area contributed by atoms with Gasteiger partial charge in [0.15, 0.2) is 5.82 Å². The molecule has 1 aromatic carbocycles. The molecule has 1 unspecified atom stereocenters. The zero-order chi connectivity index (χ0) is 20.5.